The number of aryl methyl sites for hydroxylation is 1. The molecular formula is C21H24FN7O. The molecule has 0 radical (unpaired) electrons. The van der Waals surface area contributed by atoms with Gasteiger partial charge < -0.3 is 15.1 Å². The van der Waals surface area contributed by atoms with Crippen molar-refractivity contribution in [2.24, 2.45) is 0 Å². The van der Waals surface area contributed by atoms with Crippen molar-refractivity contribution in [3.63, 3.8) is 0 Å². The molecule has 1 atom stereocenters. The van der Waals surface area contributed by atoms with Crippen LogP contribution in [0.15, 0.2) is 24.5 Å². The molecule has 0 unspecified atom stereocenters. The van der Waals surface area contributed by atoms with E-state index in [-0.39, 0.29) is 24.7 Å². The number of nitriles is 1. The highest BCUT2D eigenvalue weighted by atomic mass is 19.1. The Morgan fingerprint density at radius 2 is 2.17 bits per heavy atom. The second-order valence-electron chi connectivity index (χ2n) is 7.85. The number of carbonyl (C=O) groups is 1. The number of carbonyl (C=O) groups excluding carboxylic acids is 1. The number of rotatable bonds is 5. The third-order valence-corrected chi connectivity index (χ3v) is 5.66. The third kappa shape index (κ3) is 4.32. The van der Waals surface area contributed by atoms with Crippen LogP contribution >= 0.6 is 0 Å². The number of piperidine rings is 1. The molecule has 4 rings (SSSR count). The second kappa shape index (κ2) is 8.61. The number of urea groups is 1. The summed E-state index contributed by atoms with van der Waals surface area (Å²) >= 11 is 0. The fourth-order valence-electron chi connectivity index (χ4n) is 3.99. The summed E-state index contributed by atoms with van der Waals surface area (Å²) in [7, 11) is 0. The van der Waals surface area contributed by atoms with Crippen molar-refractivity contribution >= 4 is 12.0 Å². The fourth-order valence-corrected chi connectivity index (χ4v) is 3.99. The van der Waals surface area contributed by atoms with E-state index >= 15 is 0 Å². The van der Waals surface area contributed by atoms with Crippen LogP contribution in [-0.2, 0) is 6.54 Å². The standard InChI is InChI=1S/C21H24FN7O/c1-14-9-16(19(22)10-15(14)11-23)12-25-21(30)29(17-4-5-17)18-3-2-8-28(13-18)20-24-6-7-26-27-20/h6-7,9-10,17-18H,2-5,8,12-13H2,1H3,(H,25,30)/t18-/m1/s1. The zero-order chi connectivity index (χ0) is 21.1. The summed E-state index contributed by atoms with van der Waals surface area (Å²) < 4.78 is 14.3. The normalized spacial score (nSPS) is 18.6. The van der Waals surface area contributed by atoms with E-state index in [2.05, 4.69) is 25.4 Å². The summed E-state index contributed by atoms with van der Waals surface area (Å²) in [4.78, 5) is 21.3. The summed E-state index contributed by atoms with van der Waals surface area (Å²) in [5.41, 5.74) is 1.38. The number of benzene rings is 1. The van der Waals surface area contributed by atoms with Gasteiger partial charge in [-0.15, -0.1) is 5.10 Å². The lowest BCUT2D eigenvalue weighted by Crippen LogP contribution is -2.54. The van der Waals surface area contributed by atoms with E-state index in [0.717, 1.165) is 32.2 Å². The van der Waals surface area contributed by atoms with E-state index in [1.165, 1.54) is 6.07 Å². The number of hydrogen-bond acceptors (Lipinski definition) is 6. The third-order valence-electron chi connectivity index (χ3n) is 5.66. The van der Waals surface area contributed by atoms with Crippen molar-refractivity contribution in [3.05, 3.63) is 47.0 Å². The number of nitrogens with one attached hydrogen (secondary N) is 1. The summed E-state index contributed by atoms with van der Waals surface area (Å²) in [6, 6.07) is 4.90. The van der Waals surface area contributed by atoms with Crippen molar-refractivity contribution in [3.8, 4) is 6.07 Å². The van der Waals surface area contributed by atoms with Crippen LogP contribution in [-0.4, -0.2) is 51.3 Å². The first-order valence-corrected chi connectivity index (χ1v) is 10.2. The van der Waals surface area contributed by atoms with Gasteiger partial charge in [-0.3, -0.25) is 0 Å². The molecule has 1 aromatic carbocycles. The van der Waals surface area contributed by atoms with Crippen molar-refractivity contribution in [1.82, 2.24) is 25.4 Å². The predicted molar refractivity (Wildman–Crippen MR) is 108 cm³/mol. The molecule has 156 valence electrons. The van der Waals surface area contributed by atoms with E-state index in [0.29, 0.717) is 29.2 Å². The second-order valence-corrected chi connectivity index (χ2v) is 7.85. The van der Waals surface area contributed by atoms with Gasteiger partial charge in [-0.1, -0.05) is 6.07 Å². The van der Waals surface area contributed by atoms with Gasteiger partial charge in [-0.2, -0.15) is 10.4 Å². The van der Waals surface area contributed by atoms with Gasteiger partial charge in [0.2, 0.25) is 5.95 Å². The lowest BCUT2D eigenvalue weighted by molar-refractivity contribution is 0.160. The van der Waals surface area contributed by atoms with Crippen LogP contribution in [0, 0.1) is 24.1 Å². The highest BCUT2D eigenvalue weighted by Gasteiger charge is 2.39. The van der Waals surface area contributed by atoms with Crippen molar-refractivity contribution in [2.45, 2.75) is 51.2 Å². The molecule has 9 heteroatoms. The van der Waals surface area contributed by atoms with Crippen molar-refractivity contribution < 1.29 is 9.18 Å². The van der Waals surface area contributed by atoms with E-state index < -0.39 is 5.82 Å². The minimum atomic E-state index is -0.479. The van der Waals surface area contributed by atoms with Crippen molar-refractivity contribution in [1.29, 1.82) is 5.26 Å². The molecule has 8 nitrogen and oxygen atoms in total. The van der Waals surface area contributed by atoms with Gasteiger partial charge in [0.15, 0.2) is 0 Å². The maximum atomic E-state index is 14.3. The van der Waals surface area contributed by atoms with Gasteiger partial charge in [-0.25, -0.2) is 14.2 Å². The molecule has 1 aliphatic carbocycles. The molecule has 2 amide bonds. The SMILES string of the molecule is Cc1cc(CNC(=O)N(C2CC2)[C@@H]2CCCN(c3nccnn3)C2)c(F)cc1C#N. The van der Waals surface area contributed by atoms with Gasteiger partial charge in [0.25, 0.3) is 0 Å². The lowest BCUT2D eigenvalue weighted by Gasteiger charge is -2.39. The molecule has 2 heterocycles. The first-order chi connectivity index (χ1) is 14.6. The molecule has 2 fully saturated rings. The zero-order valence-corrected chi connectivity index (χ0v) is 16.9. The van der Waals surface area contributed by atoms with E-state index in [9.17, 15) is 9.18 Å². The summed E-state index contributed by atoms with van der Waals surface area (Å²) in [6.07, 6.45) is 6.97. The number of nitrogens with zero attached hydrogens (tertiary/aromatic N) is 6. The van der Waals surface area contributed by atoms with Gasteiger partial charge in [-0.05, 0) is 44.2 Å². The minimum Gasteiger partial charge on any atom is -0.337 e. The molecule has 1 aliphatic heterocycles. The van der Waals surface area contributed by atoms with Crippen LogP contribution in [0.5, 0.6) is 0 Å². The molecule has 1 saturated carbocycles. The lowest BCUT2D eigenvalue weighted by atomic mass is 10.0. The number of hydrogen-bond donors (Lipinski definition) is 1. The van der Waals surface area contributed by atoms with E-state index in [4.69, 9.17) is 5.26 Å². The number of amides is 2. The van der Waals surface area contributed by atoms with Crippen LogP contribution in [0.25, 0.3) is 0 Å². The smallest absolute Gasteiger partial charge is 0.318 e. The van der Waals surface area contributed by atoms with Crippen LogP contribution in [0.3, 0.4) is 0 Å². The average molecular weight is 409 g/mol. The summed E-state index contributed by atoms with van der Waals surface area (Å²) in [5, 5.41) is 19.9. The quantitative estimate of drug-likeness (QED) is 0.815. The number of aromatic nitrogens is 3. The Kier molecular flexibility index (Phi) is 5.74. The molecule has 2 aliphatic rings. The van der Waals surface area contributed by atoms with Crippen LogP contribution < -0.4 is 10.2 Å². The van der Waals surface area contributed by atoms with Crippen LogP contribution in [0.2, 0.25) is 0 Å². The van der Waals surface area contributed by atoms with Gasteiger partial charge in [0.1, 0.15) is 5.82 Å². The topological polar surface area (TPSA) is 98.0 Å². The molecule has 0 spiro atoms. The molecule has 0 bridgehead atoms. The molecular weight excluding hydrogens is 385 g/mol. The predicted octanol–water partition coefficient (Wildman–Crippen LogP) is 2.53. The maximum absolute atomic E-state index is 14.3. The summed E-state index contributed by atoms with van der Waals surface area (Å²) in [6.45, 7) is 3.33. The average Bonchev–Trinajstić information content (AvgIpc) is 3.60. The Bertz CT molecular complexity index is 958. The zero-order valence-electron chi connectivity index (χ0n) is 16.9. The van der Waals surface area contributed by atoms with Crippen LogP contribution in [0.4, 0.5) is 15.1 Å². The summed E-state index contributed by atoms with van der Waals surface area (Å²) in [5.74, 6) is 0.0986. The number of anilines is 1. The maximum Gasteiger partial charge on any atom is 0.318 e. The first kappa shape index (κ1) is 20.0. The Hall–Kier alpha value is -3.28. The largest absolute Gasteiger partial charge is 0.337 e. The highest BCUT2D eigenvalue weighted by molar-refractivity contribution is 5.75. The van der Waals surface area contributed by atoms with Gasteiger partial charge in [0, 0.05) is 31.2 Å². The Morgan fingerprint density at radius 3 is 2.87 bits per heavy atom. The molecule has 30 heavy (non-hydrogen) atoms. The highest BCUT2D eigenvalue weighted by Crippen LogP contribution is 2.32. The monoisotopic (exact) mass is 409 g/mol. The Morgan fingerprint density at radius 1 is 1.33 bits per heavy atom. The molecule has 2 aromatic rings. The Labute approximate surface area is 174 Å². The molecule has 1 N–H and O–H groups in total. The van der Waals surface area contributed by atoms with Crippen LogP contribution in [0.1, 0.15) is 42.4 Å². The first-order valence-electron chi connectivity index (χ1n) is 10.2. The minimum absolute atomic E-state index is 0.0441. The Balaban J connectivity index is 1.44. The molecule has 1 saturated heterocycles. The van der Waals surface area contributed by atoms with Gasteiger partial charge >= 0.3 is 6.03 Å². The fraction of sp³-hybridized carbons (Fsp3) is 0.476. The number of halogens is 1. The van der Waals surface area contributed by atoms with Crippen molar-refractivity contribution in [2.75, 3.05) is 18.0 Å². The van der Waals surface area contributed by atoms with E-state index in [1.807, 2.05) is 11.0 Å². The van der Waals surface area contributed by atoms with E-state index in [1.54, 1.807) is 25.4 Å². The van der Waals surface area contributed by atoms with Gasteiger partial charge in [0.05, 0.1) is 30.1 Å². The molecule has 1 aromatic heterocycles.